The van der Waals surface area contributed by atoms with Gasteiger partial charge in [0.25, 0.3) is 0 Å². The fraction of sp³-hybridized carbons (Fsp3) is 0.333. The van der Waals surface area contributed by atoms with Gasteiger partial charge in [0.05, 0.1) is 22.3 Å². The molecule has 180 valence electrons. The molecule has 0 aliphatic heterocycles. The SMILES string of the molecule is CCc1cc(-c2ccc(NSc3ccccc3F)nc2C)nc2cnc(NC3CCCCC3)nc12. The van der Waals surface area contributed by atoms with E-state index in [1.54, 1.807) is 12.1 Å². The molecule has 0 amide bonds. The second kappa shape index (κ2) is 10.6. The number of halogens is 1. The maximum absolute atomic E-state index is 13.9. The van der Waals surface area contributed by atoms with Crippen LogP contribution in [0.25, 0.3) is 22.3 Å². The smallest absolute Gasteiger partial charge is 0.223 e. The molecular formula is C27H29FN6S. The molecule has 8 heteroatoms. The molecule has 3 aromatic heterocycles. The maximum atomic E-state index is 13.9. The Morgan fingerprint density at radius 1 is 1.03 bits per heavy atom. The standard InChI is InChI=1S/C27H29FN6S/c1-3-18-15-22(32-23-16-29-27(33-26(18)23)31-19-9-5-4-6-10-19)20-13-14-25(30-17(20)2)34-35-24-12-8-7-11-21(24)28/h7-8,11-16,19H,3-6,9-10H2,1-2H3,(H,30,34)(H,29,31,33). The number of aryl methyl sites for hydroxylation is 2. The summed E-state index contributed by atoms with van der Waals surface area (Å²) in [4.78, 5) is 19.5. The fourth-order valence-corrected chi connectivity index (χ4v) is 5.16. The second-order valence-electron chi connectivity index (χ2n) is 8.89. The normalized spacial score (nSPS) is 14.3. The number of anilines is 2. The Kier molecular flexibility index (Phi) is 7.08. The van der Waals surface area contributed by atoms with Crippen molar-refractivity contribution in [1.29, 1.82) is 0 Å². The summed E-state index contributed by atoms with van der Waals surface area (Å²) in [6.07, 6.45) is 8.86. The minimum absolute atomic E-state index is 0.259. The van der Waals surface area contributed by atoms with Crippen LogP contribution in [0.1, 0.15) is 50.3 Å². The molecule has 5 rings (SSSR count). The van der Waals surface area contributed by atoms with E-state index in [0.717, 1.165) is 40.0 Å². The van der Waals surface area contributed by atoms with Gasteiger partial charge in [-0.05, 0) is 74.0 Å². The molecule has 0 unspecified atom stereocenters. The van der Waals surface area contributed by atoms with E-state index < -0.39 is 0 Å². The Morgan fingerprint density at radius 2 is 1.86 bits per heavy atom. The van der Waals surface area contributed by atoms with Crippen molar-refractivity contribution in [3.8, 4) is 11.3 Å². The van der Waals surface area contributed by atoms with Crippen LogP contribution < -0.4 is 10.0 Å². The van der Waals surface area contributed by atoms with E-state index in [2.05, 4.69) is 33.0 Å². The Bertz CT molecular complexity index is 1340. The maximum Gasteiger partial charge on any atom is 0.223 e. The molecule has 1 fully saturated rings. The van der Waals surface area contributed by atoms with Crippen molar-refractivity contribution in [2.75, 3.05) is 10.0 Å². The molecule has 1 aliphatic rings. The predicted octanol–water partition coefficient (Wildman–Crippen LogP) is 6.96. The van der Waals surface area contributed by atoms with Crippen LogP contribution >= 0.6 is 11.9 Å². The number of aromatic nitrogens is 4. The van der Waals surface area contributed by atoms with Crippen LogP contribution in [0.4, 0.5) is 16.2 Å². The number of hydrogen-bond donors (Lipinski definition) is 2. The van der Waals surface area contributed by atoms with Crippen LogP contribution in [-0.4, -0.2) is 26.0 Å². The molecular weight excluding hydrogens is 459 g/mol. The molecule has 1 saturated carbocycles. The van der Waals surface area contributed by atoms with Gasteiger partial charge in [0, 0.05) is 17.3 Å². The van der Waals surface area contributed by atoms with Gasteiger partial charge in [-0.25, -0.2) is 24.3 Å². The lowest BCUT2D eigenvalue weighted by Gasteiger charge is -2.22. The quantitative estimate of drug-likeness (QED) is 0.272. The summed E-state index contributed by atoms with van der Waals surface area (Å²) >= 11 is 1.21. The summed E-state index contributed by atoms with van der Waals surface area (Å²) in [6, 6.07) is 13.1. The first-order valence-electron chi connectivity index (χ1n) is 12.2. The lowest BCUT2D eigenvalue weighted by molar-refractivity contribution is 0.461. The van der Waals surface area contributed by atoms with E-state index in [1.165, 1.54) is 50.1 Å². The molecule has 0 bridgehead atoms. The molecule has 0 saturated heterocycles. The van der Waals surface area contributed by atoms with Crippen LogP contribution in [-0.2, 0) is 6.42 Å². The van der Waals surface area contributed by atoms with Gasteiger partial charge in [0.15, 0.2) is 0 Å². The average Bonchev–Trinajstić information content (AvgIpc) is 2.88. The number of nitrogens with zero attached hydrogens (tertiary/aromatic N) is 4. The number of fused-ring (bicyclic) bond motifs is 1. The highest BCUT2D eigenvalue weighted by atomic mass is 32.2. The third-order valence-electron chi connectivity index (χ3n) is 6.41. The molecule has 2 N–H and O–H groups in total. The highest BCUT2D eigenvalue weighted by molar-refractivity contribution is 8.00. The van der Waals surface area contributed by atoms with Gasteiger partial charge in [-0.2, -0.15) is 0 Å². The van der Waals surface area contributed by atoms with Crippen LogP contribution in [0.15, 0.2) is 53.6 Å². The zero-order valence-corrected chi connectivity index (χ0v) is 20.8. The van der Waals surface area contributed by atoms with Crippen molar-refractivity contribution in [1.82, 2.24) is 19.9 Å². The van der Waals surface area contributed by atoms with Crippen molar-refractivity contribution < 1.29 is 4.39 Å². The summed E-state index contributed by atoms with van der Waals surface area (Å²) in [7, 11) is 0. The number of pyridine rings is 2. The van der Waals surface area contributed by atoms with Crippen LogP contribution in [0, 0.1) is 12.7 Å². The van der Waals surface area contributed by atoms with Crippen molar-refractivity contribution in [2.45, 2.75) is 63.3 Å². The predicted molar refractivity (Wildman–Crippen MR) is 141 cm³/mol. The second-order valence-corrected chi connectivity index (χ2v) is 9.74. The molecule has 1 aliphatic carbocycles. The van der Waals surface area contributed by atoms with Gasteiger partial charge in [0.2, 0.25) is 5.95 Å². The van der Waals surface area contributed by atoms with Crippen molar-refractivity contribution >= 4 is 34.7 Å². The minimum Gasteiger partial charge on any atom is -0.351 e. The molecule has 0 radical (unpaired) electrons. The van der Waals surface area contributed by atoms with Crippen molar-refractivity contribution in [3.63, 3.8) is 0 Å². The summed E-state index contributed by atoms with van der Waals surface area (Å²) in [5.41, 5.74) is 5.46. The zero-order valence-electron chi connectivity index (χ0n) is 20.0. The third-order valence-corrected chi connectivity index (χ3v) is 7.27. The number of hydrogen-bond acceptors (Lipinski definition) is 7. The average molecular weight is 489 g/mol. The summed E-state index contributed by atoms with van der Waals surface area (Å²) in [6.45, 7) is 4.09. The van der Waals surface area contributed by atoms with E-state index in [4.69, 9.17) is 9.97 Å². The largest absolute Gasteiger partial charge is 0.351 e. The first-order valence-corrected chi connectivity index (χ1v) is 13.0. The topological polar surface area (TPSA) is 75.6 Å². The van der Waals surface area contributed by atoms with E-state index in [-0.39, 0.29) is 5.82 Å². The van der Waals surface area contributed by atoms with Gasteiger partial charge in [0.1, 0.15) is 17.2 Å². The van der Waals surface area contributed by atoms with Crippen molar-refractivity contribution in [3.05, 3.63) is 65.7 Å². The number of nitrogens with one attached hydrogen (secondary N) is 2. The third kappa shape index (κ3) is 5.37. The first kappa shape index (κ1) is 23.5. The van der Waals surface area contributed by atoms with Gasteiger partial charge < -0.3 is 10.0 Å². The summed E-state index contributed by atoms with van der Waals surface area (Å²) in [5.74, 6) is 1.09. The van der Waals surface area contributed by atoms with Crippen molar-refractivity contribution in [2.24, 2.45) is 0 Å². The summed E-state index contributed by atoms with van der Waals surface area (Å²) in [5, 5.41) is 3.52. The highest BCUT2D eigenvalue weighted by Gasteiger charge is 2.16. The Labute approximate surface area is 209 Å². The molecule has 3 heterocycles. The van der Waals surface area contributed by atoms with Gasteiger partial charge in [-0.1, -0.05) is 38.3 Å². The van der Waals surface area contributed by atoms with Crippen LogP contribution in [0.2, 0.25) is 0 Å². The summed E-state index contributed by atoms with van der Waals surface area (Å²) < 4.78 is 17.0. The van der Waals surface area contributed by atoms with E-state index in [0.29, 0.717) is 22.7 Å². The monoisotopic (exact) mass is 488 g/mol. The Balaban J connectivity index is 1.38. The Morgan fingerprint density at radius 3 is 2.63 bits per heavy atom. The minimum atomic E-state index is -0.259. The van der Waals surface area contributed by atoms with E-state index in [9.17, 15) is 4.39 Å². The first-order chi connectivity index (χ1) is 17.1. The number of rotatable bonds is 7. The molecule has 35 heavy (non-hydrogen) atoms. The van der Waals surface area contributed by atoms with Gasteiger partial charge in [-0.3, -0.25) is 0 Å². The molecule has 6 nitrogen and oxygen atoms in total. The van der Waals surface area contributed by atoms with Gasteiger partial charge in [-0.15, -0.1) is 0 Å². The molecule has 1 aromatic carbocycles. The van der Waals surface area contributed by atoms with Gasteiger partial charge >= 0.3 is 0 Å². The van der Waals surface area contributed by atoms with E-state index in [1.807, 2.05) is 31.3 Å². The zero-order chi connectivity index (χ0) is 24.2. The number of benzene rings is 1. The highest BCUT2D eigenvalue weighted by Crippen LogP contribution is 2.29. The molecule has 4 aromatic rings. The Hall–Kier alpha value is -3.26. The molecule has 0 spiro atoms. The molecule has 0 atom stereocenters. The van der Waals surface area contributed by atoms with Crippen LogP contribution in [0.5, 0.6) is 0 Å². The lowest BCUT2D eigenvalue weighted by atomic mass is 9.96. The van der Waals surface area contributed by atoms with Crippen LogP contribution in [0.3, 0.4) is 0 Å². The van der Waals surface area contributed by atoms with E-state index >= 15 is 0 Å². The fourth-order valence-electron chi connectivity index (χ4n) is 4.52. The lowest BCUT2D eigenvalue weighted by Crippen LogP contribution is -2.23.